The molecule has 0 saturated heterocycles. The zero-order chi connectivity index (χ0) is 22.7. The van der Waals surface area contributed by atoms with E-state index in [1.165, 1.54) is 0 Å². The predicted molar refractivity (Wildman–Crippen MR) is 93.2 cm³/mol. The Kier molecular flexibility index (Phi) is 10.8. The van der Waals surface area contributed by atoms with Gasteiger partial charge in [0.1, 0.15) is 18.1 Å². The standard InChI is InChI=1S/C14H24N6O9/c15-5(1-9(16)23)11(25)19-7(3-21)13(27)20-8(4-22)12(26)18-6(14(28)29)2-10(17)24/h5-8,21-22H,1-4,15H2,(H2,16,23)(H2,17,24)(H,18,26)(H,19,25)(H,20,27)(H,28,29). The summed E-state index contributed by atoms with van der Waals surface area (Å²) in [7, 11) is 0. The van der Waals surface area contributed by atoms with Crippen molar-refractivity contribution in [1.82, 2.24) is 16.0 Å². The SMILES string of the molecule is NC(=O)CC(N)C(=O)NC(CO)C(=O)NC(CO)C(=O)NC(CC(N)=O)C(=O)O. The number of carboxylic acids is 1. The summed E-state index contributed by atoms with van der Waals surface area (Å²) in [6.07, 6.45) is -1.26. The molecule has 0 aliphatic heterocycles. The number of amides is 5. The second-order valence-electron chi connectivity index (χ2n) is 5.83. The molecule has 0 saturated carbocycles. The summed E-state index contributed by atoms with van der Waals surface area (Å²) in [5, 5.41) is 33.4. The van der Waals surface area contributed by atoms with Crippen molar-refractivity contribution in [3.8, 4) is 0 Å². The summed E-state index contributed by atoms with van der Waals surface area (Å²) >= 11 is 0. The van der Waals surface area contributed by atoms with Crippen molar-refractivity contribution in [2.45, 2.75) is 37.0 Å². The lowest BCUT2D eigenvalue weighted by Crippen LogP contribution is -2.59. The first-order chi connectivity index (χ1) is 13.4. The number of hydrogen-bond donors (Lipinski definition) is 9. The van der Waals surface area contributed by atoms with Gasteiger partial charge in [0.15, 0.2) is 0 Å². The van der Waals surface area contributed by atoms with Gasteiger partial charge in [-0.2, -0.15) is 0 Å². The zero-order valence-electron chi connectivity index (χ0n) is 15.2. The number of carbonyl (C=O) groups is 6. The summed E-state index contributed by atoms with van der Waals surface area (Å²) in [5.74, 6) is -6.75. The Labute approximate surface area is 164 Å². The molecule has 5 amide bonds. The predicted octanol–water partition coefficient (Wildman–Crippen LogP) is -6.41. The van der Waals surface area contributed by atoms with Crippen LogP contribution in [0.15, 0.2) is 0 Å². The molecule has 0 fully saturated rings. The number of rotatable bonds is 13. The van der Waals surface area contributed by atoms with E-state index in [4.69, 9.17) is 22.3 Å². The Morgan fingerprint density at radius 3 is 1.41 bits per heavy atom. The Morgan fingerprint density at radius 1 is 0.690 bits per heavy atom. The van der Waals surface area contributed by atoms with Crippen LogP contribution in [0.4, 0.5) is 0 Å². The maximum atomic E-state index is 12.1. The molecule has 164 valence electrons. The molecule has 4 unspecified atom stereocenters. The van der Waals surface area contributed by atoms with Crippen LogP contribution in [0.2, 0.25) is 0 Å². The van der Waals surface area contributed by atoms with Gasteiger partial charge in [0.05, 0.1) is 32.1 Å². The fourth-order valence-corrected chi connectivity index (χ4v) is 1.92. The average molecular weight is 420 g/mol. The first-order valence-corrected chi connectivity index (χ1v) is 8.10. The minimum atomic E-state index is -1.70. The monoisotopic (exact) mass is 420 g/mol. The third-order valence-corrected chi connectivity index (χ3v) is 3.41. The quantitative estimate of drug-likeness (QED) is 0.136. The maximum Gasteiger partial charge on any atom is 0.326 e. The molecule has 0 aliphatic rings. The first kappa shape index (κ1) is 25.7. The van der Waals surface area contributed by atoms with Crippen molar-refractivity contribution < 1.29 is 44.1 Å². The maximum absolute atomic E-state index is 12.1. The van der Waals surface area contributed by atoms with Crippen molar-refractivity contribution >= 4 is 35.5 Å². The van der Waals surface area contributed by atoms with Gasteiger partial charge >= 0.3 is 5.97 Å². The molecule has 4 atom stereocenters. The van der Waals surface area contributed by atoms with Gasteiger partial charge in [-0.15, -0.1) is 0 Å². The molecule has 0 aliphatic carbocycles. The van der Waals surface area contributed by atoms with Gasteiger partial charge in [0, 0.05) is 0 Å². The van der Waals surface area contributed by atoms with Crippen LogP contribution in [0, 0.1) is 0 Å². The fourth-order valence-electron chi connectivity index (χ4n) is 1.92. The summed E-state index contributed by atoms with van der Waals surface area (Å²) in [5.41, 5.74) is 15.2. The second kappa shape index (κ2) is 12.2. The van der Waals surface area contributed by atoms with E-state index in [1.807, 2.05) is 16.0 Å². The molecule has 15 nitrogen and oxygen atoms in total. The van der Waals surface area contributed by atoms with Crippen LogP contribution >= 0.6 is 0 Å². The first-order valence-electron chi connectivity index (χ1n) is 8.10. The molecule has 0 spiro atoms. The van der Waals surface area contributed by atoms with Crippen LogP contribution in [0.5, 0.6) is 0 Å². The number of hydrogen-bond acceptors (Lipinski definition) is 9. The molecule has 0 rings (SSSR count). The summed E-state index contributed by atoms with van der Waals surface area (Å²) < 4.78 is 0. The Morgan fingerprint density at radius 2 is 1.07 bits per heavy atom. The Hall–Kier alpha value is -3.30. The van der Waals surface area contributed by atoms with Gasteiger partial charge < -0.3 is 48.5 Å². The number of carboxylic acid groups (broad SMARTS) is 1. The van der Waals surface area contributed by atoms with Crippen LogP contribution in [-0.4, -0.2) is 88.2 Å². The summed E-state index contributed by atoms with van der Waals surface area (Å²) in [6.45, 7) is -1.91. The fraction of sp³-hybridized carbons (Fsp3) is 0.571. The highest BCUT2D eigenvalue weighted by Crippen LogP contribution is 1.96. The van der Waals surface area contributed by atoms with E-state index >= 15 is 0 Å². The number of carbonyl (C=O) groups excluding carboxylic acids is 5. The lowest BCUT2D eigenvalue weighted by molar-refractivity contribution is -0.144. The average Bonchev–Trinajstić information content (AvgIpc) is 2.61. The number of nitrogens with two attached hydrogens (primary N) is 3. The molecule has 0 aromatic heterocycles. The molecule has 12 N–H and O–H groups in total. The van der Waals surface area contributed by atoms with E-state index in [0.29, 0.717) is 0 Å². The summed E-state index contributed by atoms with van der Waals surface area (Å²) in [4.78, 5) is 68.6. The van der Waals surface area contributed by atoms with Crippen molar-refractivity contribution in [3.05, 3.63) is 0 Å². The lowest BCUT2D eigenvalue weighted by Gasteiger charge is -2.23. The summed E-state index contributed by atoms with van der Waals surface area (Å²) in [6, 6.07) is -6.38. The third kappa shape index (κ3) is 9.45. The molecule has 0 radical (unpaired) electrons. The van der Waals surface area contributed by atoms with Gasteiger partial charge in [0.25, 0.3) is 0 Å². The minimum Gasteiger partial charge on any atom is -0.480 e. The van der Waals surface area contributed by atoms with Crippen LogP contribution in [0.1, 0.15) is 12.8 Å². The van der Waals surface area contributed by atoms with Crippen molar-refractivity contribution in [2.75, 3.05) is 13.2 Å². The van der Waals surface area contributed by atoms with E-state index in [1.54, 1.807) is 0 Å². The number of aliphatic hydroxyl groups excluding tert-OH is 2. The molecule has 0 heterocycles. The molecular weight excluding hydrogens is 396 g/mol. The van der Waals surface area contributed by atoms with E-state index in [9.17, 15) is 39.0 Å². The number of aliphatic hydroxyl groups is 2. The highest BCUT2D eigenvalue weighted by molar-refractivity contribution is 5.95. The van der Waals surface area contributed by atoms with Crippen LogP contribution < -0.4 is 33.2 Å². The van der Waals surface area contributed by atoms with Gasteiger partial charge in [-0.1, -0.05) is 0 Å². The van der Waals surface area contributed by atoms with Crippen molar-refractivity contribution in [2.24, 2.45) is 17.2 Å². The van der Waals surface area contributed by atoms with Crippen molar-refractivity contribution in [3.63, 3.8) is 0 Å². The Bertz CT molecular complexity index is 655. The van der Waals surface area contributed by atoms with Crippen LogP contribution in [-0.2, 0) is 28.8 Å². The lowest BCUT2D eigenvalue weighted by atomic mass is 10.1. The minimum absolute atomic E-state index is 0.524. The van der Waals surface area contributed by atoms with Gasteiger partial charge in [-0.05, 0) is 0 Å². The second-order valence-corrected chi connectivity index (χ2v) is 5.83. The Balaban J connectivity index is 5.02. The van der Waals surface area contributed by atoms with E-state index in [2.05, 4.69) is 0 Å². The largest absolute Gasteiger partial charge is 0.480 e. The van der Waals surface area contributed by atoms with E-state index in [-0.39, 0.29) is 0 Å². The highest BCUT2D eigenvalue weighted by Gasteiger charge is 2.30. The topological polar surface area (TPSA) is 277 Å². The zero-order valence-corrected chi connectivity index (χ0v) is 15.2. The molecular formula is C14H24N6O9. The van der Waals surface area contributed by atoms with Gasteiger partial charge in [-0.25, -0.2) is 4.79 Å². The van der Waals surface area contributed by atoms with E-state index < -0.39 is 85.7 Å². The highest BCUT2D eigenvalue weighted by atomic mass is 16.4. The van der Waals surface area contributed by atoms with Gasteiger partial charge in [-0.3, -0.25) is 24.0 Å². The van der Waals surface area contributed by atoms with Crippen molar-refractivity contribution in [1.29, 1.82) is 0 Å². The molecule has 0 aromatic rings. The smallest absolute Gasteiger partial charge is 0.326 e. The molecule has 15 heteroatoms. The normalized spacial score (nSPS) is 14.6. The number of nitrogens with one attached hydrogen (secondary N) is 3. The van der Waals surface area contributed by atoms with Crippen LogP contribution in [0.25, 0.3) is 0 Å². The van der Waals surface area contributed by atoms with Crippen LogP contribution in [0.3, 0.4) is 0 Å². The third-order valence-electron chi connectivity index (χ3n) is 3.41. The molecule has 0 bridgehead atoms. The molecule has 29 heavy (non-hydrogen) atoms. The number of primary amides is 2. The molecule has 0 aromatic carbocycles. The van der Waals surface area contributed by atoms with Gasteiger partial charge in [0.2, 0.25) is 29.5 Å². The van der Waals surface area contributed by atoms with E-state index in [0.717, 1.165) is 0 Å². The number of aliphatic carboxylic acids is 1.